The van der Waals surface area contributed by atoms with Crippen LogP contribution < -0.4 is 5.73 Å². The Balaban J connectivity index is 0.000000395. The van der Waals surface area contributed by atoms with Crippen molar-refractivity contribution in [1.29, 1.82) is 0 Å². The molecule has 3 saturated carbocycles. The molecule has 2 saturated heterocycles. The molecular weight excluding hydrogens is 719 g/mol. The monoisotopic (exact) mass is 807 g/mol. The van der Waals surface area contributed by atoms with Crippen molar-refractivity contribution in [3.63, 3.8) is 0 Å². The Kier molecular flexibility index (Phi) is 20.2. The molecule has 6 N–H and O–H groups in total. The first-order chi connectivity index (χ1) is 25.4. The van der Waals surface area contributed by atoms with Crippen LogP contribution in [0.2, 0.25) is 12.6 Å². The molecule has 5 rings (SSSR count). The molecule has 13 heteroatoms. The zero-order valence-electron chi connectivity index (χ0n) is 38.1. The first-order valence-electron chi connectivity index (χ1n) is 21.6. The van der Waals surface area contributed by atoms with Gasteiger partial charge in [-0.3, -0.25) is 4.79 Å². The molecule has 5 fully saturated rings. The number of allylic oxidation sites excluding steroid dienone is 1. The van der Waals surface area contributed by atoms with Crippen molar-refractivity contribution < 1.29 is 43.7 Å². The lowest BCUT2D eigenvalue weighted by molar-refractivity contribution is -0.151. The lowest BCUT2D eigenvalue weighted by Gasteiger charge is -2.41. The third kappa shape index (κ3) is 15.2. The van der Waals surface area contributed by atoms with E-state index in [2.05, 4.69) is 81.9 Å². The molecule has 0 spiro atoms. The van der Waals surface area contributed by atoms with Crippen LogP contribution in [-0.2, 0) is 23.4 Å². The van der Waals surface area contributed by atoms with Crippen LogP contribution in [0.15, 0.2) is 12.7 Å². The van der Waals surface area contributed by atoms with Crippen LogP contribution in [0, 0.1) is 40.4 Å². The average Bonchev–Trinajstić information content (AvgIpc) is 3.45. The molecule has 5 aliphatic rings. The predicted molar refractivity (Wildman–Crippen MR) is 237 cm³/mol. The van der Waals surface area contributed by atoms with Crippen LogP contribution in [0.25, 0.3) is 0 Å². The van der Waals surface area contributed by atoms with Gasteiger partial charge < -0.3 is 44.6 Å². The first kappa shape index (κ1) is 54.1. The van der Waals surface area contributed by atoms with E-state index in [4.69, 9.17) is 39.5 Å². The zero-order chi connectivity index (χ0) is 43.1. The molecule has 0 amide bonds. The summed E-state index contributed by atoms with van der Waals surface area (Å²) < 4.78 is 22.6. The van der Waals surface area contributed by atoms with Crippen LogP contribution in [0.3, 0.4) is 0 Å². The predicted octanol–water partition coefficient (Wildman–Crippen LogP) is 9.12. The number of aliphatic hydroxyl groups is 1. The van der Waals surface area contributed by atoms with Crippen molar-refractivity contribution in [2.24, 2.45) is 46.2 Å². The number of aliphatic carboxylic acids is 1. The topological polar surface area (TPSA) is 161 Å². The van der Waals surface area contributed by atoms with Crippen molar-refractivity contribution in [3.05, 3.63) is 12.7 Å². The van der Waals surface area contributed by atoms with E-state index < -0.39 is 24.7 Å². The summed E-state index contributed by atoms with van der Waals surface area (Å²) in [5.74, 6) is 2.19. The molecule has 2 heterocycles. The summed E-state index contributed by atoms with van der Waals surface area (Å²) >= 11 is 0. The van der Waals surface area contributed by atoms with Gasteiger partial charge in [0, 0.05) is 0 Å². The van der Waals surface area contributed by atoms with Gasteiger partial charge in [0.05, 0.1) is 28.5 Å². The van der Waals surface area contributed by atoms with E-state index in [1.54, 1.807) is 0 Å². The molecule has 2 aliphatic heterocycles. The highest BCUT2D eigenvalue weighted by Gasteiger charge is 2.51. The number of nitrogens with two attached hydrogens (primary N) is 1. The summed E-state index contributed by atoms with van der Waals surface area (Å²) in [6, 6.07) is 0. The molecule has 3 aliphatic carbocycles. The van der Waals surface area contributed by atoms with Crippen molar-refractivity contribution in [3.8, 4) is 0 Å². The molecule has 1 radical (unpaired) electrons. The molecular formula is C44H87B3NO9. The Bertz CT molecular complexity index is 1210. The van der Waals surface area contributed by atoms with Gasteiger partial charge in [0.25, 0.3) is 0 Å². The summed E-state index contributed by atoms with van der Waals surface area (Å²) in [7, 11) is 0.0336. The van der Waals surface area contributed by atoms with E-state index in [1.807, 2.05) is 27.7 Å². The maximum Gasteiger partial charge on any atom is 0.488 e. The normalized spacial score (nSPS) is 33.9. The number of hydrogen-bond donors (Lipinski definition) is 5. The van der Waals surface area contributed by atoms with Gasteiger partial charge in [0.2, 0.25) is 0 Å². The molecule has 0 aromatic heterocycles. The van der Waals surface area contributed by atoms with Crippen LogP contribution in [0.1, 0.15) is 175 Å². The number of carboxylic acids is 1. The highest BCUT2D eigenvalue weighted by molar-refractivity contribution is 6.45. The molecule has 7 atom stereocenters. The maximum atomic E-state index is 11.0. The van der Waals surface area contributed by atoms with E-state index in [-0.39, 0.29) is 55.6 Å². The molecule has 0 aromatic carbocycles. The standard InChI is InChI=1S/C17H33BO2.C11H20.C9H18BNO5.C6H12BO2.CH4/c1-13-8-9-14(12-15(13,2)3)10-11-18-19-16(4,5)17(6,7)20-18;1-5-10-7-6-9(2)11(3,4)8-10;11-9(8(13)14)5-6(1-2-7(9)12)3-4-10(15)16;1-5(2)6(3,4)9-7-8-5;/h13-14H,8-12H2,1-7H3;5,9-10H,1,6-8H2,2-4H3;6-7,12,15-16H,1-5,11H2,(H,13,14);1-4H3;1H4/t13-,14+;9-,10-;6-,7+,9+;;/m110../s1. The largest absolute Gasteiger partial charge is 0.488 e. The fourth-order valence-corrected chi connectivity index (χ4v) is 8.44. The Hall–Kier alpha value is -0.915. The summed E-state index contributed by atoms with van der Waals surface area (Å²) in [4.78, 5) is 11.0. The fraction of sp³-hybridized carbons (Fsp3) is 0.932. The minimum atomic E-state index is -1.59. The molecule has 0 unspecified atom stereocenters. The van der Waals surface area contributed by atoms with E-state index in [9.17, 15) is 9.90 Å². The zero-order valence-corrected chi connectivity index (χ0v) is 38.1. The Morgan fingerprint density at radius 1 is 0.754 bits per heavy atom. The first-order valence-corrected chi connectivity index (χ1v) is 21.6. The SMILES string of the molecule is C.C=C[C@@H]1CC[C@@H](C)C(C)(C)C1.CC1(C)O[B]OC1(C)C.C[C@@H]1CC[C@@H](CCB2OC(C)(C)C(C)(C)O2)CC1(C)C.N[C@]1(C(=O)O)C[C@H](CCB(O)O)CC[C@H]1O. The number of rotatable bonds is 8. The van der Waals surface area contributed by atoms with Gasteiger partial charge >= 0.3 is 27.9 Å². The van der Waals surface area contributed by atoms with Gasteiger partial charge in [-0.25, -0.2) is 0 Å². The molecule has 57 heavy (non-hydrogen) atoms. The molecule has 331 valence electrons. The number of aliphatic hydroxyl groups excluding tert-OH is 1. The van der Waals surface area contributed by atoms with E-state index in [1.165, 1.54) is 52.6 Å². The fourth-order valence-electron chi connectivity index (χ4n) is 8.44. The quantitative estimate of drug-likeness (QED) is 0.118. The highest BCUT2D eigenvalue weighted by Crippen LogP contribution is 2.46. The highest BCUT2D eigenvalue weighted by atomic mass is 16.7. The molecule has 0 aromatic rings. The van der Waals surface area contributed by atoms with Gasteiger partial charge in [0.15, 0.2) is 0 Å². The number of carboxylic acid groups (broad SMARTS) is 1. The summed E-state index contributed by atoms with van der Waals surface area (Å²) in [6.45, 7) is 34.9. The average molecular weight is 807 g/mol. The van der Waals surface area contributed by atoms with Crippen molar-refractivity contribution >= 4 is 27.9 Å². The Morgan fingerprint density at radius 2 is 1.21 bits per heavy atom. The van der Waals surface area contributed by atoms with Gasteiger partial charge in [0.1, 0.15) is 5.54 Å². The van der Waals surface area contributed by atoms with Crippen molar-refractivity contribution in [2.75, 3.05) is 0 Å². The lowest BCUT2D eigenvalue weighted by atomic mass is 9.63. The summed E-state index contributed by atoms with van der Waals surface area (Å²) in [5, 5.41) is 36.0. The molecule has 0 bridgehead atoms. The number of hydrogen-bond acceptors (Lipinski definition) is 9. The van der Waals surface area contributed by atoms with Gasteiger partial charge in [-0.2, -0.15) is 0 Å². The second-order valence-electron chi connectivity index (χ2n) is 21.4. The lowest BCUT2D eigenvalue weighted by Crippen LogP contribution is -2.60. The van der Waals surface area contributed by atoms with Crippen LogP contribution in [0.4, 0.5) is 0 Å². The van der Waals surface area contributed by atoms with Crippen LogP contribution in [0.5, 0.6) is 0 Å². The van der Waals surface area contributed by atoms with Gasteiger partial charge in [-0.15, -0.1) is 6.58 Å². The Morgan fingerprint density at radius 3 is 1.61 bits per heavy atom. The van der Waals surface area contributed by atoms with E-state index in [0.29, 0.717) is 30.1 Å². The maximum absolute atomic E-state index is 11.0. The summed E-state index contributed by atoms with van der Waals surface area (Å²) in [5.41, 5.74) is 4.37. The third-order valence-corrected chi connectivity index (χ3v) is 15.1. The molecule has 10 nitrogen and oxygen atoms in total. The van der Waals surface area contributed by atoms with Gasteiger partial charge in [-0.05, 0) is 160 Å². The second-order valence-corrected chi connectivity index (χ2v) is 21.4. The van der Waals surface area contributed by atoms with E-state index in [0.717, 1.165) is 30.0 Å². The van der Waals surface area contributed by atoms with Gasteiger partial charge in [-0.1, -0.05) is 74.3 Å². The smallest absolute Gasteiger partial charge is 0.480 e. The summed E-state index contributed by atoms with van der Waals surface area (Å²) in [6.07, 6.45) is 13.5. The second kappa shape index (κ2) is 21.2. The third-order valence-electron chi connectivity index (χ3n) is 15.1. The Labute approximate surface area is 351 Å². The van der Waals surface area contributed by atoms with Crippen molar-refractivity contribution in [1.82, 2.24) is 0 Å². The van der Waals surface area contributed by atoms with E-state index >= 15 is 0 Å². The van der Waals surface area contributed by atoms with Crippen molar-refractivity contribution in [2.45, 2.75) is 222 Å². The van der Waals surface area contributed by atoms with Crippen LogP contribution in [-0.4, -0.2) is 82.2 Å². The van der Waals surface area contributed by atoms with Crippen LogP contribution >= 0.6 is 0 Å². The minimum Gasteiger partial charge on any atom is -0.480 e. The number of carbonyl (C=O) groups is 1. The minimum absolute atomic E-state index is 0.